The molecule has 3 N–H and O–H groups in total. The van der Waals surface area contributed by atoms with Gasteiger partial charge in [-0.2, -0.15) is 15.0 Å². The van der Waals surface area contributed by atoms with Crippen LogP contribution in [0.2, 0.25) is 0 Å². The number of ether oxygens (including phenoxy) is 2. The van der Waals surface area contributed by atoms with E-state index in [4.69, 9.17) is 15.2 Å². The summed E-state index contributed by atoms with van der Waals surface area (Å²) in [7, 11) is 1.61. The van der Waals surface area contributed by atoms with Crippen LogP contribution in [-0.2, 0) is 6.54 Å². The van der Waals surface area contributed by atoms with Gasteiger partial charge in [-0.1, -0.05) is 19.8 Å². The van der Waals surface area contributed by atoms with E-state index in [1.54, 1.807) is 7.11 Å². The van der Waals surface area contributed by atoms with Gasteiger partial charge >= 0.3 is 6.01 Å². The van der Waals surface area contributed by atoms with E-state index >= 15 is 0 Å². The lowest BCUT2D eigenvalue weighted by atomic mass is 10.0. The number of nitrogens with zero attached hydrogens (tertiary/aromatic N) is 4. The van der Waals surface area contributed by atoms with Crippen LogP contribution in [0.25, 0.3) is 11.2 Å². The standard InChI is InChI=1S/C18H30N6O2/c1-3-4-12-26-17-22-15(19)14-16(23-17)24(18(21-14)25-2)11-7-9-13-8-5-6-10-20-13/h13,20H,3-12H2,1-2H3,(H2,19,22,23)/t13-/m0/s1. The van der Waals surface area contributed by atoms with Gasteiger partial charge in [-0.05, 0) is 38.6 Å². The van der Waals surface area contributed by atoms with Gasteiger partial charge in [0.15, 0.2) is 17.0 Å². The zero-order valence-corrected chi connectivity index (χ0v) is 15.8. The lowest BCUT2D eigenvalue weighted by Gasteiger charge is -2.23. The van der Waals surface area contributed by atoms with Crippen molar-refractivity contribution < 1.29 is 9.47 Å². The third-order valence-electron chi connectivity index (χ3n) is 4.82. The molecule has 1 atom stereocenters. The summed E-state index contributed by atoms with van der Waals surface area (Å²) >= 11 is 0. The largest absolute Gasteiger partial charge is 0.468 e. The van der Waals surface area contributed by atoms with Crippen LogP contribution < -0.4 is 20.5 Å². The van der Waals surface area contributed by atoms with Crippen LogP contribution in [0.3, 0.4) is 0 Å². The lowest BCUT2D eigenvalue weighted by Crippen LogP contribution is -2.33. The highest BCUT2D eigenvalue weighted by Gasteiger charge is 2.18. The summed E-state index contributed by atoms with van der Waals surface area (Å²) in [6.07, 6.45) is 8.02. The molecule has 2 aromatic heterocycles. The molecule has 144 valence electrons. The van der Waals surface area contributed by atoms with Gasteiger partial charge < -0.3 is 20.5 Å². The van der Waals surface area contributed by atoms with Crippen LogP contribution in [0.1, 0.15) is 51.9 Å². The van der Waals surface area contributed by atoms with Crippen molar-refractivity contribution in [1.29, 1.82) is 0 Å². The number of hydrogen-bond acceptors (Lipinski definition) is 7. The van der Waals surface area contributed by atoms with Crippen molar-refractivity contribution in [2.45, 2.75) is 64.5 Å². The Kier molecular flexibility index (Phi) is 6.49. The van der Waals surface area contributed by atoms with Gasteiger partial charge in [0.1, 0.15) is 0 Å². The van der Waals surface area contributed by atoms with E-state index in [0.29, 0.717) is 41.7 Å². The average Bonchev–Trinajstić information content (AvgIpc) is 3.01. The molecule has 1 saturated heterocycles. The highest BCUT2D eigenvalue weighted by Crippen LogP contribution is 2.26. The number of hydrogen-bond donors (Lipinski definition) is 2. The van der Waals surface area contributed by atoms with Gasteiger partial charge in [-0.25, -0.2) is 0 Å². The highest BCUT2D eigenvalue weighted by molar-refractivity contribution is 5.83. The number of imidazole rings is 1. The van der Waals surface area contributed by atoms with E-state index in [1.807, 2.05) is 4.57 Å². The third-order valence-corrected chi connectivity index (χ3v) is 4.82. The second-order valence-corrected chi connectivity index (χ2v) is 6.80. The summed E-state index contributed by atoms with van der Waals surface area (Å²) in [5, 5.41) is 3.59. The van der Waals surface area contributed by atoms with Crippen molar-refractivity contribution in [3.05, 3.63) is 0 Å². The number of nitrogens with two attached hydrogens (primary N) is 1. The molecule has 0 unspecified atom stereocenters. The fourth-order valence-corrected chi connectivity index (χ4v) is 3.38. The first-order chi connectivity index (χ1) is 12.7. The SMILES string of the molecule is CCCCOc1nc(N)c2nc(OC)n(CCC[C@@H]3CCCCN3)c2n1. The molecular formula is C18H30N6O2. The number of aryl methyl sites for hydroxylation is 1. The molecule has 2 aromatic rings. The number of rotatable bonds is 9. The molecular weight excluding hydrogens is 332 g/mol. The van der Waals surface area contributed by atoms with Crippen LogP contribution >= 0.6 is 0 Å². The van der Waals surface area contributed by atoms with Gasteiger partial charge in [-0.3, -0.25) is 4.57 Å². The number of unbranched alkanes of at least 4 members (excludes halogenated alkanes) is 1. The van der Waals surface area contributed by atoms with E-state index in [2.05, 4.69) is 27.2 Å². The Balaban J connectivity index is 1.75. The summed E-state index contributed by atoms with van der Waals surface area (Å²) < 4.78 is 13.1. The first-order valence-electron chi connectivity index (χ1n) is 9.66. The van der Waals surface area contributed by atoms with E-state index in [-0.39, 0.29) is 0 Å². The Morgan fingerprint density at radius 1 is 1.23 bits per heavy atom. The predicted octanol–water partition coefficient (Wildman–Crippen LogP) is 2.52. The number of methoxy groups -OCH3 is 1. The Morgan fingerprint density at radius 2 is 2.12 bits per heavy atom. The number of nitrogen functional groups attached to an aromatic ring is 1. The van der Waals surface area contributed by atoms with Crippen LogP contribution in [0, 0.1) is 0 Å². The van der Waals surface area contributed by atoms with E-state index in [9.17, 15) is 0 Å². The zero-order chi connectivity index (χ0) is 18.4. The molecule has 0 amide bonds. The molecule has 8 heteroatoms. The normalized spacial score (nSPS) is 17.5. The summed E-state index contributed by atoms with van der Waals surface area (Å²) in [4.78, 5) is 13.2. The quantitative estimate of drug-likeness (QED) is 0.661. The number of aromatic nitrogens is 4. The fourth-order valence-electron chi connectivity index (χ4n) is 3.38. The molecule has 26 heavy (non-hydrogen) atoms. The third kappa shape index (κ3) is 4.35. The Bertz CT molecular complexity index is 711. The molecule has 3 heterocycles. The van der Waals surface area contributed by atoms with Crippen molar-refractivity contribution in [3.8, 4) is 12.0 Å². The lowest BCUT2D eigenvalue weighted by molar-refractivity contribution is 0.286. The first-order valence-corrected chi connectivity index (χ1v) is 9.66. The average molecular weight is 362 g/mol. The molecule has 0 aliphatic carbocycles. The second kappa shape index (κ2) is 9.02. The maximum atomic E-state index is 6.07. The second-order valence-electron chi connectivity index (χ2n) is 6.80. The Morgan fingerprint density at radius 3 is 2.85 bits per heavy atom. The van der Waals surface area contributed by atoms with Crippen molar-refractivity contribution in [2.24, 2.45) is 0 Å². The predicted molar refractivity (Wildman–Crippen MR) is 102 cm³/mol. The van der Waals surface area contributed by atoms with Crippen molar-refractivity contribution in [1.82, 2.24) is 24.8 Å². The number of anilines is 1. The van der Waals surface area contributed by atoms with Crippen LogP contribution in [-0.4, -0.2) is 45.8 Å². The van der Waals surface area contributed by atoms with Crippen LogP contribution in [0.5, 0.6) is 12.0 Å². The van der Waals surface area contributed by atoms with Crippen LogP contribution in [0.4, 0.5) is 5.82 Å². The first kappa shape index (κ1) is 18.7. The van der Waals surface area contributed by atoms with Gasteiger partial charge in [0.25, 0.3) is 6.01 Å². The molecule has 1 aliphatic heterocycles. The number of piperidine rings is 1. The highest BCUT2D eigenvalue weighted by atomic mass is 16.5. The maximum absolute atomic E-state index is 6.07. The Hall–Kier alpha value is -2.09. The minimum absolute atomic E-state index is 0.307. The van der Waals surface area contributed by atoms with E-state index in [0.717, 1.165) is 38.8 Å². The molecule has 0 spiro atoms. The van der Waals surface area contributed by atoms with Gasteiger partial charge in [0.2, 0.25) is 0 Å². The molecule has 0 radical (unpaired) electrons. The molecule has 0 saturated carbocycles. The minimum Gasteiger partial charge on any atom is -0.468 e. The van der Waals surface area contributed by atoms with Crippen molar-refractivity contribution >= 4 is 17.0 Å². The van der Waals surface area contributed by atoms with Crippen molar-refractivity contribution in [3.63, 3.8) is 0 Å². The molecule has 1 aliphatic rings. The summed E-state index contributed by atoms with van der Waals surface area (Å²) in [6.45, 7) is 4.61. The van der Waals surface area contributed by atoms with Crippen molar-refractivity contribution in [2.75, 3.05) is 26.0 Å². The molecule has 1 fully saturated rings. The zero-order valence-electron chi connectivity index (χ0n) is 15.8. The van der Waals surface area contributed by atoms with Crippen LogP contribution in [0.15, 0.2) is 0 Å². The Labute approximate surface area is 154 Å². The molecule has 3 rings (SSSR count). The molecule has 8 nitrogen and oxygen atoms in total. The van der Waals surface area contributed by atoms with E-state index in [1.165, 1.54) is 19.3 Å². The topological polar surface area (TPSA) is 100 Å². The van der Waals surface area contributed by atoms with E-state index < -0.39 is 0 Å². The smallest absolute Gasteiger partial charge is 0.320 e. The van der Waals surface area contributed by atoms with Gasteiger partial charge in [-0.15, -0.1) is 0 Å². The maximum Gasteiger partial charge on any atom is 0.320 e. The number of fused-ring (bicyclic) bond motifs is 1. The minimum atomic E-state index is 0.307. The van der Waals surface area contributed by atoms with Gasteiger partial charge in [0, 0.05) is 12.6 Å². The summed E-state index contributed by atoms with van der Waals surface area (Å²) in [6, 6.07) is 1.43. The fraction of sp³-hybridized carbons (Fsp3) is 0.722. The number of nitrogens with one attached hydrogen (secondary N) is 1. The molecule has 0 aromatic carbocycles. The molecule has 0 bridgehead atoms. The summed E-state index contributed by atoms with van der Waals surface area (Å²) in [5.41, 5.74) is 7.32. The summed E-state index contributed by atoms with van der Waals surface area (Å²) in [5.74, 6) is 0.326. The van der Waals surface area contributed by atoms with Gasteiger partial charge in [0.05, 0.1) is 13.7 Å². The monoisotopic (exact) mass is 362 g/mol.